The van der Waals surface area contributed by atoms with E-state index in [1.165, 1.54) is 19.2 Å². The first-order valence-electron chi connectivity index (χ1n) is 5.25. The molecule has 3 nitrogen and oxygen atoms in total. The molecule has 0 radical (unpaired) electrons. The summed E-state index contributed by atoms with van der Waals surface area (Å²) in [7, 11) is 1.20. The van der Waals surface area contributed by atoms with Crippen LogP contribution >= 0.6 is 23.4 Å². The number of thioether (sulfide) groups is 1. The van der Waals surface area contributed by atoms with Crippen LogP contribution in [0.15, 0.2) is 17.0 Å². The van der Waals surface area contributed by atoms with Crippen LogP contribution in [0.25, 0.3) is 0 Å². The molecule has 0 fully saturated rings. The van der Waals surface area contributed by atoms with Gasteiger partial charge in [0, 0.05) is 10.8 Å². The fraction of sp³-hybridized carbons (Fsp3) is 0.333. The highest BCUT2D eigenvalue weighted by molar-refractivity contribution is 8.00. The summed E-state index contributed by atoms with van der Waals surface area (Å²) in [4.78, 5) is 10.9. The number of esters is 1. The third kappa shape index (κ3) is 4.62. The van der Waals surface area contributed by atoms with Gasteiger partial charge in [0.05, 0.1) is 19.1 Å². The number of rotatable bonds is 4. The standard InChI is InChI=1S/C12H9ClF3NO2S/c1-19-10(18)4-7-2-8(5-13)11(9(3-7)6-17)20-12(14,15)16/h2-3H,4-5H2,1H3. The number of carbonyl (C=O) groups is 1. The van der Waals surface area contributed by atoms with Crippen molar-refractivity contribution in [3.63, 3.8) is 0 Å². The van der Waals surface area contributed by atoms with Crippen LogP contribution in [0.3, 0.4) is 0 Å². The lowest BCUT2D eigenvalue weighted by atomic mass is 10.0. The summed E-state index contributed by atoms with van der Waals surface area (Å²) in [5.74, 6) is -0.743. The molecule has 0 amide bonds. The first-order chi connectivity index (χ1) is 9.30. The Morgan fingerprint density at radius 2 is 2.15 bits per heavy atom. The van der Waals surface area contributed by atoms with Crippen molar-refractivity contribution >= 4 is 29.3 Å². The van der Waals surface area contributed by atoms with Gasteiger partial charge in [-0.15, -0.1) is 11.6 Å². The van der Waals surface area contributed by atoms with Gasteiger partial charge in [-0.2, -0.15) is 18.4 Å². The van der Waals surface area contributed by atoms with Crippen molar-refractivity contribution in [2.24, 2.45) is 0 Å². The van der Waals surface area contributed by atoms with Crippen molar-refractivity contribution in [3.8, 4) is 6.07 Å². The monoisotopic (exact) mass is 323 g/mol. The van der Waals surface area contributed by atoms with Crippen LogP contribution in [0.1, 0.15) is 16.7 Å². The van der Waals surface area contributed by atoms with E-state index < -0.39 is 11.5 Å². The minimum absolute atomic E-state index is 0.133. The molecule has 108 valence electrons. The number of alkyl halides is 4. The Morgan fingerprint density at radius 3 is 2.60 bits per heavy atom. The van der Waals surface area contributed by atoms with Gasteiger partial charge in [-0.3, -0.25) is 4.79 Å². The summed E-state index contributed by atoms with van der Waals surface area (Å²) in [5, 5.41) is 8.96. The maximum Gasteiger partial charge on any atom is 0.446 e. The van der Waals surface area contributed by atoms with Gasteiger partial charge < -0.3 is 4.74 Å². The van der Waals surface area contributed by atoms with Crippen LogP contribution in [-0.2, 0) is 21.8 Å². The number of benzene rings is 1. The van der Waals surface area contributed by atoms with E-state index in [1.807, 2.05) is 0 Å². The summed E-state index contributed by atoms with van der Waals surface area (Å²) < 4.78 is 41.9. The summed E-state index contributed by atoms with van der Waals surface area (Å²) >= 11 is 5.24. The highest BCUT2D eigenvalue weighted by atomic mass is 35.5. The van der Waals surface area contributed by atoms with Gasteiger partial charge in [-0.25, -0.2) is 0 Å². The SMILES string of the molecule is COC(=O)Cc1cc(C#N)c(SC(F)(F)F)c(CCl)c1. The number of nitriles is 1. The molecule has 0 saturated carbocycles. The predicted octanol–water partition coefficient (Wildman–Crippen LogP) is 3.62. The van der Waals surface area contributed by atoms with Gasteiger partial charge >= 0.3 is 11.5 Å². The molecule has 0 bridgehead atoms. The molecule has 0 aliphatic rings. The first kappa shape index (κ1) is 16.7. The Labute approximate surface area is 122 Å². The van der Waals surface area contributed by atoms with E-state index in [0.29, 0.717) is 5.56 Å². The molecule has 20 heavy (non-hydrogen) atoms. The average molecular weight is 324 g/mol. The summed E-state index contributed by atoms with van der Waals surface area (Å²) in [6, 6.07) is 4.30. The summed E-state index contributed by atoms with van der Waals surface area (Å²) in [6.45, 7) is 0. The number of nitrogens with zero attached hydrogens (tertiary/aromatic N) is 1. The van der Waals surface area contributed by atoms with E-state index >= 15 is 0 Å². The van der Waals surface area contributed by atoms with Crippen molar-refractivity contribution in [3.05, 3.63) is 28.8 Å². The third-order valence-electron chi connectivity index (χ3n) is 2.28. The topological polar surface area (TPSA) is 50.1 Å². The lowest BCUT2D eigenvalue weighted by Crippen LogP contribution is -2.07. The van der Waals surface area contributed by atoms with Crippen molar-refractivity contribution in [1.82, 2.24) is 0 Å². The number of hydrogen-bond donors (Lipinski definition) is 0. The average Bonchev–Trinajstić information content (AvgIpc) is 2.38. The first-order valence-corrected chi connectivity index (χ1v) is 6.60. The van der Waals surface area contributed by atoms with Crippen molar-refractivity contribution in [1.29, 1.82) is 5.26 Å². The van der Waals surface area contributed by atoms with Crippen LogP contribution < -0.4 is 0 Å². The normalized spacial score (nSPS) is 11.0. The molecule has 0 saturated heterocycles. The van der Waals surface area contributed by atoms with Crippen molar-refractivity contribution in [2.45, 2.75) is 22.7 Å². The third-order valence-corrected chi connectivity index (χ3v) is 3.49. The molecule has 0 spiro atoms. The molecule has 0 unspecified atom stereocenters. The van der Waals surface area contributed by atoms with E-state index in [0.717, 1.165) is 0 Å². The molecule has 0 N–H and O–H groups in total. The molecule has 0 atom stereocenters. The number of carbonyl (C=O) groups excluding carboxylic acids is 1. The molecule has 1 aromatic carbocycles. The molecule has 0 heterocycles. The zero-order valence-corrected chi connectivity index (χ0v) is 11.8. The van der Waals surface area contributed by atoms with E-state index in [4.69, 9.17) is 16.9 Å². The fourth-order valence-electron chi connectivity index (χ4n) is 1.51. The number of halogens is 4. The Balaban J connectivity index is 3.25. The van der Waals surface area contributed by atoms with Gasteiger partial charge in [0.15, 0.2) is 0 Å². The number of ether oxygens (including phenoxy) is 1. The van der Waals surface area contributed by atoms with E-state index in [9.17, 15) is 18.0 Å². The molecule has 1 rings (SSSR count). The predicted molar refractivity (Wildman–Crippen MR) is 68.3 cm³/mol. The molecule has 0 aliphatic heterocycles. The number of hydrogen-bond acceptors (Lipinski definition) is 4. The fourth-order valence-corrected chi connectivity index (χ4v) is 2.51. The molecule has 0 aromatic heterocycles. The van der Waals surface area contributed by atoms with E-state index in [1.54, 1.807) is 6.07 Å². The lowest BCUT2D eigenvalue weighted by molar-refractivity contribution is -0.139. The highest BCUT2D eigenvalue weighted by Gasteiger charge is 2.32. The summed E-state index contributed by atoms with van der Waals surface area (Å²) in [5.41, 5.74) is -4.14. The maximum atomic E-state index is 12.5. The zero-order valence-electron chi connectivity index (χ0n) is 10.3. The minimum Gasteiger partial charge on any atom is -0.469 e. The second-order valence-electron chi connectivity index (χ2n) is 3.68. The van der Waals surface area contributed by atoms with Gasteiger partial charge in [0.2, 0.25) is 0 Å². The minimum atomic E-state index is -4.52. The Morgan fingerprint density at radius 1 is 1.50 bits per heavy atom. The maximum absolute atomic E-state index is 12.5. The van der Waals surface area contributed by atoms with Gasteiger partial charge in [-0.05, 0) is 29.0 Å². The summed E-state index contributed by atoms with van der Waals surface area (Å²) in [6.07, 6.45) is -0.133. The van der Waals surface area contributed by atoms with Gasteiger partial charge in [0.1, 0.15) is 6.07 Å². The van der Waals surface area contributed by atoms with Crippen LogP contribution in [0.5, 0.6) is 0 Å². The smallest absolute Gasteiger partial charge is 0.446 e. The Hall–Kier alpha value is -1.39. The molecular formula is C12H9ClF3NO2S. The van der Waals surface area contributed by atoms with E-state index in [2.05, 4.69) is 4.74 Å². The molecule has 0 aliphatic carbocycles. The van der Waals surface area contributed by atoms with Crippen LogP contribution in [-0.4, -0.2) is 18.6 Å². The van der Waals surface area contributed by atoms with Crippen molar-refractivity contribution in [2.75, 3.05) is 7.11 Å². The quantitative estimate of drug-likeness (QED) is 0.482. The molecular weight excluding hydrogens is 315 g/mol. The highest BCUT2D eigenvalue weighted by Crippen LogP contribution is 2.41. The Bertz CT molecular complexity index is 555. The number of methoxy groups -OCH3 is 1. The van der Waals surface area contributed by atoms with Gasteiger partial charge in [0.25, 0.3) is 0 Å². The second kappa shape index (κ2) is 6.86. The van der Waals surface area contributed by atoms with Crippen LogP contribution in [0, 0.1) is 11.3 Å². The van der Waals surface area contributed by atoms with Gasteiger partial charge in [-0.1, -0.05) is 6.07 Å². The van der Waals surface area contributed by atoms with Crippen LogP contribution in [0.2, 0.25) is 0 Å². The van der Waals surface area contributed by atoms with Crippen LogP contribution in [0.4, 0.5) is 13.2 Å². The molecule has 8 heteroatoms. The van der Waals surface area contributed by atoms with E-state index in [-0.39, 0.29) is 40.1 Å². The zero-order chi connectivity index (χ0) is 15.3. The largest absolute Gasteiger partial charge is 0.469 e. The Kier molecular flexibility index (Phi) is 5.72. The lowest BCUT2D eigenvalue weighted by Gasteiger charge is -2.13. The second-order valence-corrected chi connectivity index (χ2v) is 5.02. The molecule has 1 aromatic rings. The van der Waals surface area contributed by atoms with Crippen molar-refractivity contribution < 1.29 is 22.7 Å².